The van der Waals surface area contributed by atoms with E-state index in [2.05, 4.69) is 72.8 Å². The zero-order valence-electron chi connectivity index (χ0n) is 15.8. The molecule has 0 radical (unpaired) electrons. The maximum absolute atomic E-state index is 10.3. The normalized spacial score (nSPS) is 11.3. The van der Waals surface area contributed by atoms with Gasteiger partial charge in [0.1, 0.15) is 5.75 Å². The van der Waals surface area contributed by atoms with E-state index in [0.717, 1.165) is 27.8 Å². The number of hydrogen-bond donors (Lipinski definition) is 2. The second-order valence-electron chi connectivity index (χ2n) is 7.08. The van der Waals surface area contributed by atoms with Crippen molar-refractivity contribution in [2.24, 2.45) is 0 Å². The van der Waals surface area contributed by atoms with Gasteiger partial charge in [-0.05, 0) is 40.8 Å². The Morgan fingerprint density at radius 3 is 1.36 bits per heavy atom. The van der Waals surface area contributed by atoms with Crippen molar-refractivity contribution in [1.82, 2.24) is 0 Å². The maximum Gasteiger partial charge on any atom is 0.141 e. The van der Waals surface area contributed by atoms with Crippen molar-refractivity contribution < 1.29 is 5.11 Å². The van der Waals surface area contributed by atoms with Gasteiger partial charge in [-0.1, -0.05) is 97.1 Å². The minimum absolute atomic E-state index is 0.145. The van der Waals surface area contributed by atoms with Crippen LogP contribution in [0.5, 0.6) is 5.75 Å². The molecule has 4 aromatic rings. The Hall–Kier alpha value is -3.52. The van der Waals surface area contributed by atoms with Crippen LogP contribution in [0.15, 0.2) is 103 Å². The Morgan fingerprint density at radius 2 is 1.00 bits per heavy atom. The standard InChI is InChI=1S/C26H23NO/c1-19-17-23(18-24(27)25(19)28)26(20-11-5-2-6-12-20,21-13-7-3-8-14-21)22-15-9-4-10-16-22/h2-18,28H,27H2,1H3. The van der Waals surface area contributed by atoms with Crippen LogP contribution in [-0.4, -0.2) is 5.11 Å². The molecule has 4 aromatic carbocycles. The average molecular weight is 365 g/mol. The summed E-state index contributed by atoms with van der Waals surface area (Å²) in [6.07, 6.45) is 0. The average Bonchev–Trinajstić information content (AvgIpc) is 2.75. The number of rotatable bonds is 4. The van der Waals surface area contributed by atoms with Gasteiger partial charge in [0.15, 0.2) is 0 Å². The maximum atomic E-state index is 10.3. The molecule has 0 aromatic heterocycles. The summed E-state index contributed by atoms with van der Waals surface area (Å²) in [5.74, 6) is 0.145. The van der Waals surface area contributed by atoms with Crippen molar-refractivity contribution in [1.29, 1.82) is 0 Å². The molecule has 138 valence electrons. The fourth-order valence-corrected chi connectivity index (χ4v) is 4.09. The van der Waals surface area contributed by atoms with Crippen LogP contribution in [-0.2, 0) is 5.41 Å². The number of phenols is 1. The molecule has 0 unspecified atom stereocenters. The second kappa shape index (κ2) is 7.24. The van der Waals surface area contributed by atoms with E-state index < -0.39 is 5.41 Å². The highest BCUT2D eigenvalue weighted by Crippen LogP contribution is 2.46. The van der Waals surface area contributed by atoms with Gasteiger partial charge in [-0.2, -0.15) is 0 Å². The van der Waals surface area contributed by atoms with Crippen molar-refractivity contribution in [2.45, 2.75) is 12.3 Å². The fraction of sp³-hybridized carbons (Fsp3) is 0.0769. The molecule has 0 spiro atoms. The monoisotopic (exact) mass is 365 g/mol. The highest BCUT2D eigenvalue weighted by Gasteiger charge is 2.38. The van der Waals surface area contributed by atoms with Gasteiger partial charge in [0.2, 0.25) is 0 Å². The van der Waals surface area contributed by atoms with Crippen molar-refractivity contribution in [2.75, 3.05) is 5.73 Å². The van der Waals surface area contributed by atoms with Crippen LogP contribution >= 0.6 is 0 Å². The Labute approximate surface area is 165 Å². The van der Waals surface area contributed by atoms with E-state index in [1.807, 2.05) is 37.3 Å². The van der Waals surface area contributed by atoms with Crippen molar-refractivity contribution in [3.8, 4) is 5.75 Å². The van der Waals surface area contributed by atoms with Gasteiger partial charge in [-0.15, -0.1) is 0 Å². The number of anilines is 1. The number of nitrogen functional groups attached to an aromatic ring is 1. The van der Waals surface area contributed by atoms with E-state index in [1.165, 1.54) is 0 Å². The molecular formula is C26H23NO. The third-order valence-electron chi connectivity index (χ3n) is 5.38. The summed E-state index contributed by atoms with van der Waals surface area (Å²) in [5.41, 5.74) is 11.3. The van der Waals surface area contributed by atoms with Crippen molar-refractivity contribution in [3.05, 3.63) is 131 Å². The van der Waals surface area contributed by atoms with Crippen molar-refractivity contribution >= 4 is 5.69 Å². The molecule has 0 amide bonds. The Morgan fingerprint density at radius 1 is 0.607 bits per heavy atom. The van der Waals surface area contributed by atoms with Gasteiger partial charge >= 0.3 is 0 Å². The predicted molar refractivity (Wildman–Crippen MR) is 116 cm³/mol. The topological polar surface area (TPSA) is 46.2 Å². The zero-order valence-corrected chi connectivity index (χ0v) is 15.8. The summed E-state index contributed by atoms with van der Waals surface area (Å²) in [5, 5.41) is 10.3. The molecule has 0 fully saturated rings. The first-order valence-electron chi connectivity index (χ1n) is 9.40. The molecule has 0 bridgehead atoms. The number of phenolic OH excluding ortho intramolecular Hbond substituents is 1. The quantitative estimate of drug-likeness (QED) is 0.278. The Kier molecular flexibility index (Phi) is 4.62. The fourth-order valence-electron chi connectivity index (χ4n) is 4.09. The lowest BCUT2D eigenvalue weighted by Gasteiger charge is -2.37. The number of aryl methyl sites for hydroxylation is 1. The zero-order chi connectivity index (χ0) is 19.6. The van der Waals surface area contributed by atoms with Crippen LogP contribution in [0.2, 0.25) is 0 Å². The van der Waals surface area contributed by atoms with E-state index >= 15 is 0 Å². The highest BCUT2D eigenvalue weighted by molar-refractivity contribution is 5.66. The minimum Gasteiger partial charge on any atom is -0.506 e. The van der Waals surface area contributed by atoms with E-state index in [-0.39, 0.29) is 5.75 Å². The van der Waals surface area contributed by atoms with Crippen LogP contribution < -0.4 is 5.73 Å². The van der Waals surface area contributed by atoms with Gasteiger partial charge in [0, 0.05) is 0 Å². The predicted octanol–water partition coefficient (Wildman–Crippen LogP) is 5.67. The van der Waals surface area contributed by atoms with Crippen LogP contribution in [0.1, 0.15) is 27.8 Å². The van der Waals surface area contributed by atoms with Crippen molar-refractivity contribution in [3.63, 3.8) is 0 Å². The molecule has 0 aliphatic carbocycles. The Balaban J connectivity index is 2.17. The highest BCUT2D eigenvalue weighted by atomic mass is 16.3. The Bertz CT molecular complexity index is 954. The SMILES string of the molecule is Cc1cc(C(c2ccccc2)(c2ccccc2)c2ccccc2)cc(N)c1O. The molecule has 2 nitrogen and oxygen atoms in total. The lowest BCUT2D eigenvalue weighted by Crippen LogP contribution is -2.31. The lowest BCUT2D eigenvalue weighted by molar-refractivity contribution is 0.473. The minimum atomic E-state index is -0.545. The summed E-state index contributed by atoms with van der Waals surface area (Å²) in [4.78, 5) is 0. The first-order chi connectivity index (χ1) is 13.6. The number of hydrogen-bond acceptors (Lipinski definition) is 2. The molecule has 3 N–H and O–H groups in total. The van der Waals surface area contributed by atoms with Crippen LogP contribution in [0.4, 0.5) is 5.69 Å². The van der Waals surface area contributed by atoms with Gasteiger partial charge in [0.05, 0.1) is 11.1 Å². The summed E-state index contributed by atoms with van der Waals surface area (Å²) in [7, 11) is 0. The second-order valence-corrected chi connectivity index (χ2v) is 7.08. The number of nitrogens with two attached hydrogens (primary N) is 1. The van der Waals surface area contributed by atoms with Crippen LogP contribution in [0.3, 0.4) is 0 Å². The lowest BCUT2D eigenvalue weighted by atomic mass is 9.65. The molecule has 2 heteroatoms. The van der Waals surface area contributed by atoms with Gasteiger partial charge in [-0.25, -0.2) is 0 Å². The third kappa shape index (κ3) is 2.84. The summed E-state index contributed by atoms with van der Waals surface area (Å²) < 4.78 is 0. The molecule has 0 atom stereocenters. The molecule has 4 rings (SSSR count). The van der Waals surface area contributed by atoms with Gasteiger partial charge in [0.25, 0.3) is 0 Å². The van der Waals surface area contributed by atoms with Crippen LogP contribution in [0.25, 0.3) is 0 Å². The third-order valence-corrected chi connectivity index (χ3v) is 5.38. The largest absolute Gasteiger partial charge is 0.506 e. The molecule has 0 heterocycles. The van der Waals surface area contributed by atoms with E-state index in [4.69, 9.17) is 5.73 Å². The first-order valence-corrected chi connectivity index (χ1v) is 9.40. The summed E-state index contributed by atoms with van der Waals surface area (Å²) >= 11 is 0. The molecule has 28 heavy (non-hydrogen) atoms. The molecule has 0 aliphatic rings. The number of benzene rings is 4. The van der Waals surface area contributed by atoms with Crippen LogP contribution in [0, 0.1) is 6.92 Å². The molecule has 0 aliphatic heterocycles. The molecular weight excluding hydrogens is 342 g/mol. The van der Waals surface area contributed by atoms with Gasteiger partial charge in [-0.3, -0.25) is 0 Å². The van der Waals surface area contributed by atoms with Gasteiger partial charge < -0.3 is 10.8 Å². The molecule has 0 saturated heterocycles. The summed E-state index contributed by atoms with van der Waals surface area (Å²) in [6.45, 7) is 1.89. The van der Waals surface area contributed by atoms with E-state index in [0.29, 0.717) is 5.69 Å². The smallest absolute Gasteiger partial charge is 0.141 e. The molecule has 0 saturated carbocycles. The van der Waals surface area contributed by atoms with E-state index in [9.17, 15) is 5.11 Å². The number of aromatic hydroxyl groups is 1. The first kappa shape index (κ1) is 17.9. The summed E-state index contributed by atoms with van der Waals surface area (Å²) in [6, 6.07) is 35.3. The van der Waals surface area contributed by atoms with E-state index in [1.54, 1.807) is 0 Å².